The number of aromatic nitrogens is 5. The molecule has 3 N–H and O–H groups in total. The minimum Gasteiger partial charge on any atom is -0.354 e. The molecule has 23 heavy (non-hydrogen) atoms. The highest BCUT2D eigenvalue weighted by Gasteiger charge is 2.17. The van der Waals surface area contributed by atoms with Crippen LogP contribution in [0.2, 0.25) is 0 Å². The Balaban J connectivity index is 1.38. The number of aromatic amines is 1. The highest BCUT2D eigenvalue weighted by atomic mass is 32.2. The Morgan fingerprint density at radius 1 is 1.52 bits per heavy atom. The van der Waals surface area contributed by atoms with Gasteiger partial charge in [0.15, 0.2) is 0 Å². The summed E-state index contributed by atoms with van der Waals surface area (Å²) in [6.45, 7) is 2.92. The van der Waals surface area contributed by atoms with Gasteiger partial charge in [0.25, 0.3) is 0 Å². The molecule has 0 saturated carbocycles. The predicted molar refractivity (Wildman–Crippen MR) is 87.2 cm³/mol. The van der Waals surface area contributed by atoms with Crippen LogP contribution in [0.4, 0.5) is 0 Å². The van der Waals surface area contributed by atoms with Crippen LogP contribution in [-0.4, -0.2) is 56.5 Å². The van der Waals surface area contributed by atoms with Crippen LogP contribution in [-0.2, 0) is 11.3 Å². The highest BCUT2D eigenvalue weighted by Crippen LogP contribution is 2.21. The van der Waals surface area contributed by atoms with E-state index in [4.69, 9.17) is 0 Å². The highest BCUT2D eigenvalue weighted by molar-refractivity contribution is 7.99. The van der Waals surface area contributed by atoms with Crippen LogP contribution >= 0.6 is 11.8 Å². The first-order valence-electron chi connectivity index (χ1n) is 7.80. The smallest absolute Gasteiger partial charge is 0.241 e. The third-order valence-electron chi connectivity index (χ3n) is 3.75. The van der Waals surface area contributed by atoms with Gasteiger partial charge in [0, 0.05) is 31.0 Å². The van der Waals surface area contributed by atoms with Crippen LogP contribution in [0.1, 0.15) is 24.5 Å². The van der Waals surface area contributed by atoms with E-state index in [-0.39, 0.29) is 12.5 Å². The van der Waals surface area contributed by atoms with Crippen LogP contribution in [0, 0.1) is 0 Å². The summed E-state index contributed by atoms with van der Waals surface area (Å²) in [6, 6.07) is 2.02. The predicted octanol–water partition coefficient (Wildman–Crippen LogP) is 0.377. The van der Waals surface area contributed by atoms with E-state index in [1.165, 1.54) is 6.42 Å². The molecule has 0 spiro atoms. The molecule has 1 atom stereocenters. The second kappa shape index (κ2) is 8.11. The number of hydrogen-bond acceptors (Lipinski definition) is 6. The van der Waals surface area contributed by atoms with E-state index in [0.717, 1.165) is 36.0 Å². The van der Waals surface area contributed by atoms with Gasteiger partial charge in [-0.2, -0.15) is 15.4 Å². The first-order valence-corrected chi connectivity index (χ1v) is 8.79. The molecule has 0 bridgehead atoms. The number of amides is 1. The third-order valence-corrected chi connectivity index (χ3v) is 4.65. The van der Waals surface area contributed by atoms with E-state index < -0.39 is 0 Å². The zero-order chi connectivity index (χ0) is 15.9. The van der Waals surface area contributed by atoms with Crippen molar-refractivity contribution in [3.63, 3.8) is 0 Å². The zero-order valence-corrected chi connectivity index (χ0v) is 13.7. The second-order valence-electron chi connectivity index (χ2n) is 5.49. The molecule has 8 nitrogen and oxygen atoms in total. The van der Waals surface area contributed by atoms with Gasteiger partial charge in [0.1, 0.15) is 11.6 Å². The summed E-state index contributed by atoms with van der Waals surface area (Å²) in [5.74, 6) is 1.20. The third kappa shape index (κ3) is 4.80. The minimum absolute atomic E-state index is 0.0258. The number of rotatable bonds is 7. The largest absolute Gasteiger partial charge is 0.354 e. The number of thioether (sulfide) groups is 1. The molecule has 1 aliphatic rings. The van der Waals surface area contributed by atoms with Gasteiger partial charge < -0.3 is 10.6 Å². The van der Waals surface area contributed by atoms with Crippen molar-refractivity contribution in [2.45, 2.75) is 30.3 Å². The molecule has 1 fully saturated rings. The fourth-order valence-corrected chi connectivity index (χ4v) is 3.24. The minimum atomic E-state index is -0.0258. The van der Waals surface area contributed by atoms with Crippen LogP contribution in [0.25, 0.3) is 0 Å². The summed E-state index contributed by atoms with van der Waals surface area (Å²) in [5, 5.41) is 21.9. The van der Waals surface area contributed by atoms with E-state index in [9.17, 15) is 4.79 Å². The first-order chi connectivity index (χ1) is 11.3. The SMILES string of the molecule is O=C(Cn1ccc([C@H]2CCCNC2)n1)NCCSc1cn[nH]n1. The zero-order valence-electron chi connectivity index (χ0n) is 12.9. The van der Waals surface area contributed by atoms with Crippen LogP contribution < -0.4 is 10.6 Å². The van der Waals surface area contributed by atoms with E-state index in [1.807, 2.05) is 12.3 Å². The van der Waals surface area contributed by atoms with Crippen molar-refractivity contribution in [3.05, 3.63) is 24.2 Å². The van der Waals surface area contributed by atoms with Crippen LogP contribution in [0.5, 0.6) is 0 Å². The van der Waals surface area contributed by atoms with Gasteiger partial charge in [-0.15, -0.1) is 16.9 Å². The van der Waals surface area contributed by atoms with Crippen molar-refractivity contribution in [3.8, 4) is 0 Å². The van der Waals surface area contributed by atoms with Crippen molar-refractivity contribution in [2.75, 3.05) is 25.4 Å². The van der Waals surface area contributed by atoms with Gasteiger partial charge >= 0.3 is 0 Å². The second-order valence-corrected chi connectivity index (χ2v) is 6.60. The van der Waals surface area contributed by atoms with Gasteiger partial charge in [-0.3, -0.25) is 9.48 Å². The fourth-order valence-electron chi connectivity index (χ4n) is 2.60. The summed E-state index contributed by atoms with van der Waals surface area (Å²) < 4.78 is 1.71. The lowest BCUT2D eigenvalue weighted by Gasteiger charge is -2.20. The Morgan fingerprint density at radius 3 is 3.26 bits per heavy atom. The van der Waals surface area contributed by atoms with Crippen molar-refractivity contribution < 1.29 is 4.79 Å². The summed E-state index contributed by atoms with van der Waals surface area (Å²) in [5.41, 5.74) is 1.08. The normalized spacial score (nSPS) is 18.0. The Labute approximate surface area is 138 Å². The lowest BCUT2D eigenvalue weighted by molar-refractivity contribution is -0.121. The molecule has 3 rings (SSSR count). The molecule has 0 radical (unpaired) electrons. The quantitative estimate of drug-likeness (QED) is 0.499. The molecule has 0 unspecified atom stereocenters. The molecule has 3 heterocycles. The summed E-state index contributed by atoms with van der Waals surface area (Å²) in [4.78, 5) is 11.9. The van der Waals surface area contributed by atoms with E-state index in [0.29, 0.717) is 12.5 Å². The van der Waals surface area contributed by atoms with Crippen LogP contribution in [0.15, 0.2) is 23.5 Å². The molecule has 1 saturated heterocycles. The first kappa shape index (κ1) is 16.0. The van der Waals surface area contributed by atoms with Gasteiger partial charge in [-0.25, -0.2) is 0 Å². The van der Waals surface area contributed by atoms with Gasteiger partial charge in [0.05, 0.1) is 11.9 Å². The number of piperidine rings is 1. The van der Waals surface area contributed by atoms with E-state index in [1.54, 1.807) is 22.6 Å². The molecular formula is C14H21N7OS. The summed E-state index contributed by atoms with van der Waals surface area (Å²) in [7, 11) is 0. The number of carbonyl (C=O) groups is 1. The number of hydrogen-bond donors (Lipinski definition) is 3. The summed E-state index contributed by atoms with van der Waals surface area (Å²) in [6.07, 6.45) is 5.89. The van der Waals surface area contributed by atoms with Crippen molar-refractivity contribution >= 4 is 17.7 Å². The maximum atomic E-state index is 11.9. The molecule has 9 heteroatoms. The summed E-state index contributed by atoms with van der Waals surface area (Å²) >= 11 is 1.55. The number of carbonyl (C=O) groups excluding carboxylic acids is 1. The molecule has 1 amide bonds. The van der Waals surface area contributed by atoms with Gasteiger partial charge in [-0.05, 0) is 25.5 Å². The van der Waals surface area contributed by atoms with Crippen molar-refractivity contribution in [1.82, 2.24) is 35.8 Å². The van der Waals surface area contributed by atoms with E-state index in [2.05, 4.69) is 31.1 Å². The maximum Gasteiger partial charge on any atom is 0.241 e. The molecule has 2 aromatic heterocycles. The molecule has 2 aromatic rings. The van der Waals surface area contributed by atoms with E-state index >= 15 is 0 Å². The average molecular weight is 335 g/mol. The molecule has 0 aliphatic carbocycles. The monoisotopic (exact) mass is 335 g/mol. The Kier molecular flexibility index (Phi) is 5.65. The lowest BCUT2D eigenvalue weighted by Crippen LogP contribution is -2.30. The Bertz CT molecular complexity index is 606. The molecule has 0 aromatic carbocycles. The Morgan fingerprint density at radius 2 is 2.48 bits per heavy atom. The molecule has 124 valence electrons. The topological polar surface area (TPSA) is 101 Å². The number of H-pyrrole nitrogens is 1. The van der Waals surface area contributed by atoms with Crippen molar-refractivity contribution in [1.29, 1.82) is 0 Å². The number of nitrogens with one attached hydrogen (secondary N) is 3. The van der Waals surface area contributed by atoms with Crippen molar-refractivity contribution in [2.24, 2.45) is 0 Å². The maximum absolute atomic E-state index is 11.9. The van der Waals surface area contributed by atoms with Crippen LogP contribution in [0.3, 0.4) is 0 Å². The Hall–Kier alpha value is -1.87. The molecule has 1 aliphatic heterocycles. The standard InChI is InChI=1S/C14H21N7OS/c22-13(16-5-7-23-14-9-17-20-18-14)10-21-6-3-12(19-21)11-2-1-4-15-8-11/h3,6,9,11,15H,1-2,4-5,7-8,10H2,(H,16,22)(H,17,18,20)/t11-/m0/s1. The molecular weight excluding hydrogens is 314 g/mol. The lowest BCUT2D eigenvalue weighted by atomic mass is 9.97. The number of nitrogens with zero attached hydrogens (tertiary/aromatic N) is 4. The van der Waals surface area contributed by atoms with Gasteiger partial charge in [-0.1, -0.05) is 0 Å². The van der Waals surface area contributed by atoms with Gasteiger partial charge in [0.2, 0.25) is 5.91 Å². The fraction of sp³-hybridized carbons (Fsp3) is 0.571. The average Bonchev–Trinajstić information content (AvgIpc) is 3.24.